The first-order valence-corrected chi connectivity index (χ1v) is 2.54. The molecule has 2 N–H and O–H groups in total. The zero-order chi connectivity index (χ0) is 3.58. The molecule has 0 saturated heterocycles. The Bertz CT molecular complexity index is 10.8. The van der Waals surface area contributed by atoms with Gasteiger partial charge in [-0.3, -0.25) is 0 Å². The average Bonchev–Trinajstić information content (AvgIpc) is 0.811. The summed E-state index contributed by atoms with van der Waals surface area (Å²) in [6, 6.07) is 0. The van der Waals surface area contributed by atoms with Crippen LogP contribution in [-0.2, 0) is 0 Å². The molecule has 0 fully saturated rings. The molecule has 3 heteroatoms. The quantitative estimate of drug-likeness (QED) is 0.399. The summed E-state index contributed by atoms with van der Waals surface area (Å²) in [6.45, 7) is 1.34. The van der Waals surface area contributed by atoms with Gasteiger partial charge in [-0.15, -0.1) is 0 Å². The van der Waals surface area contributed by atoms with E-state index in [4.69, 9.17) is 9.79 Å². The molecule has 0 bridgehead atoms. The van der Waals surface area contributed by atoms with Gasteiger partial charge in [-0.1, -0.05) is 0 Å². The monoisotopic (exact) mass is 80.0 g/mol. The van der Waals surface area contributed by atoms with E-state index in [1.165, 1.54) is 6.66 Å². The maximum absolute atomic E-state index is 7.68. The van der Waals surface area contributed by atoms with Crippen molar-refractivity contribution in [3.63, 3.8) is 0 Å². The van der Waals surface area contributed by atoms with Crippen LogP contribution in [0.1, 0.15) is 0 Å². The van der Waals surface area contributed by atoms with Crippen LogP contribution in [0, 0.1) is 0 Å². The topological polar surface area (TPSA) is 40.5 Å². The summed E-state index contributed by atoms with van der Waals surface area (Å²) >= 11 is 0. The van der Waals surface area contributed by atoms with E-state index in [2.05, 4.69) is 0 Å². The van der Waals surface area contributed by atoms with E-state index in [0.717, 1.165) is 0 Å². The third-order valence-corrected chi connectivity index (χ3v) is 0. The largest absolute Gasteiger partial charge is 0.350 e. The summed E-state index contributed by atoms with van der Waals surface area (Å²) in [7, 11) is -1.62. The van der Waals surface area contributed by atoms with Gasteiger partial charge < -0.3 is 9.79 Å². The van der Waals surface area contributed by atoms with E-state index in [9.17, 15) is 0 Å². The van der Waals surface area contributed by atoms with E-state index < -0.39 is 8.38 Å². The minimum atomic E-state index is -1.62. The van der Waals surface area contributed by atoms with Crippen LogP contribution in [-0.4, -0.2) is 16.5 Å². The van der Waals surface area contributed by atoms with E-state index in [0.29, 0.717) is 0 Å². The Morgan fingerprint density at radius 1 is 1.50 bits per heavy atom. The van der Waals surface area contributed by atoms with Crippen LogP contribution >= 0.6 is 8.38 Å². The molecule has 0 radical (unpaired) electrons. The summed E-state index contributed by atoms with van der Waals surface area (Å²) in [5.74, 6) is 0. The van der Waals surface area contributed by atoms with Gasteiger partial charge in [-0.2, -0.15) is 0 Å². The highest BCUT2D eigenvalue weighted by atomic mass is 31.2. The lowest BCUT2D eigenvalue weighted by atomic mass is 12.0. The summed E-state index contributed by atoms with van der Waals surface area (Å²) in [4.78, 5) is 15.4. The predicted molar refractivity (Wildman–Crippen MR) is 17.3 cm³/mol. The molecule has 0 amide bonds. The smallest absolute Gasteiger partial charge is 0.161 e. The molecule has 0 rings (SSSR count). The summed E-state index contributed by atoms with van der Waals surface area (Å²) in [6.07, 6.45) is 0. The first kappa shape index (κ1) is 4.35. The second-order valence-corrected chi connectivity index (χ2v) is 1.47. The molecule has 26 valence electrons. The van der Waals surface area contributed by atoms with E-state index in [1.807, 2.05) is 0 Å². The molecule has 0 atom stereocenters. The molecule has 0 heterocycles. The van der Waals surface area contributed by atoms with Gasteiger partial charge in [-0.25, -0.2) is 0 Å². The Balaban J connectivity index is 2.32. The Morgan fingerprint density at radius 3 is 1.50 bits per heavy atom. The van der Waals surface area contributed by atoms with Gasteiger partial charge in [0, 0.05) is 6.66 Å². The maximum Gasteiger partial charge on any atom is 0.161 e. The summed E-state index contributed by atoms with van der Waals surface area (Å²) < 4.78 is 0. The third-order valence-electron chi connectivity index (χ3n) is 0. The molecule has 0 saturated carbocycles. The lowest BCUT2D eigenvalue weighted by Crippen LogP contribution is -1.52. The van der Waals surface area contributed by atoms with Gasteiger partial charge in [-0.05, 0) is 0 Å². The average molecular weight is 80.0 g/mol. The highest BCUT2D eigenvalue weighted by Gasteiger charge is 1.72. The summed E-state index contributed by atoms with van der Waals surface area (Å²) in [5, 5.41) is 0. The van der Waals surface area contributed by atoms with Crippen molar-refractivity contribution in [3.05, 3.63) is 0 Å². The van der Waals surface area contributed by atoms with Crippen LogP contribution in [0.2, 0.25) is 0 Å². The molecule has 0 spiro atoms. The van der Waals surface area contributed by atoms with Crippen LogP contribution in [0.4, 0.5) is 0 Å². The molecule has 0 aliphatic heterocycles. The van der Waals surface area contributed by atoms with Crippen molar-refractivity contribution < 1.29 is 9.79 Å². The molecular formula is CH5O2P. The van der Waals surface area contributed by atoms with Crippen molar-refractivity contribution in [3.8, 4) is 0 Å². The van der Waals surface area contributed by atoms with Crippen molar-refractivity contribution in [2.24, 2.45) is 0 Å². The molecule has 0 aromatic rings. The summed E-state index contributed by atoms with van der Waals surface area (Å²) in [5.41, 5.74) is 0. The SMILES string of the molecule is CP(O)O. The van der Waals surface area contributed by atoms with Crippen molar-refractivity contribution in [2.75, 3.05) is 6.66 Å². The Kier molecular flexibility index (Phi) is 1.79. The van der Waals surface area contributed by atoms with Crippen molar-refractivity contribution in [1.82, 2.24) is 0 Å². The minimum absolute atomic E-state index is 1.34. The Labute approximate surface area is 26.0 Å². The van der Waals surface area contributed by atoms with Gasteiger partial charge in [0.15, 0.2) is 8.38 Å². The Hall–Kier alpha value is 0.350. The standard InChI is InChI=1S/CH5O2P/c1-4(2)3/h2-3H,1H3. The first-order chi connectivity index (χ1) is 1.73. The van der Waals surface area contributed by atoms with Crippen LogP contribution in [0.25, 0.3) is 0 Å². The molecule has 0 aliphatic rings. The van der Waals surface area contributed by atoms with Crippen LogP contribution < -0.4 is 0 Å². The van der Waals surface area contributed by atoms with Crippen LogP contribution in [0.5, 0.6) is 0 Å². The van der Waals surface area contributed by atoms with Crippen molar-refractivity contribution in [2.45, 2.75) is 0 Å². The lowest BCUT2D eigenvalue weighted by Gasteiger charge is -1.79. The van der Waals surface area contributed by atoms with Crippen LogP contribution in [0.3, 0.4) is 0 Å². The fourth-order valence-corrected chi connectivity index (χ4v) is 0. The highest BCUT2D eigenvalue weighted by Crippen LogP contribution is 2.12. The van der Waals surface area contributed by atoms with Gasteiger partial charge in [0.1, 0.15) is 0 Å². The second kappa shape index (κ2) is 1.65. The number of hydrogen-bond acceptors (Lipinski definition) is 2. The minimum Gasteiger partial charge on any atom is -0.350 e. The van der Waals surface area contributed by atoms with Crippen molar-refractivity contribution >= 4 is 8.38 Å². The molecule has 0 aliphatic carbocycles. The zero-order valence-corrected chi connectivity index (χ0v) is 3.24. The van der Waals surface area contributed by atoms with E-state index in [1.54, 1.807) is 0 Å². The zero-order valence-electron chi connectivity index (χ0n) is 2.34. The maximum atomic E-state index is 7.68. The number of rotatable bonds is 0. The van der Waals surface area contributed by atoms with Gasteiger partial charge in [0.25, 0.3) is 0 Å². The van der Waals surface area contributed by atoms with Crippen LogP contribution in [0.15, 0.2) is 0 Å². The predicted octanol–water partition coefficient (Wildman–Crippen LogP) is -0.0873. The molecule has 0 aromatic carbocycles. The first-order valence-electron chi connectivity index (χ1n) is 0.847. The lowest BCUT2D eigenvalue weighted by molar-refractivity contribution is 0.491. The van der Waals surface area contributed by atoms with Gasteiger partial charge in [0.2, 0.25) is 0 Å². The molecule has 0 aromatic heterocycles. The third kappa shape index (κ3) is 35.0. The molecule has 0 unspecified atom stereocenters. The van der Waals surface area contributed by atoms with Gasteiger partial charge in [0.05, 0.1) is 0 Å². The molecule has 2 nitrogen and oxygen atoms in total. The number of hydrogen-bond donors (Lipinski definition) is 2. The fourth-order valence-electron chi connectivity index (χ4n) is 0. The highest BCUT2D eigenvalue weighted by molar-refractivity contribution is 7.44. The Morgan fingerprint density at radius 2 is 1.50 bits per heavy atom. The van der Waals surface area contributed by atoms with Crippen molar-refractivity contribution in [1.29, 1.82) is 0 Å². The molecular weight excluding hydrogens is 75.0 g/mol. The normalized spacial score (nSPS) is 9.00. The molecule has 4 heavy (non-hydrogen) atoms. The fraction of sp³-hybridized carbons (Fsp3) is 1.00. The van der Waals surface area contributed by atoms with E-state index >= 15 is 0 Å². The second-order valence-electron chi connectivity index (χ2n) is 0.489. The van der Waals surface area contributed by atoms with Gasteiger partial charge >= 0.3 is 0 Å². The van der Waals surface area contributed by atoms with E-state index in [-0.39, 0.29) is 0 Å².